The third-order valence-corrected chi connectivity index (χ3v) is 6.81. The largest absolute Gasteiger partial charge is 0.465 e. The predicted molar refractivity (Wildman–Crippen MR) is 110 cm³/mol. The molecule has 1 aliphatic heterocycles. The summed E-state index contributed by atoms with van der Waals surface area (Å²) in [5.41, 5.74) is 1.66. The molecule has 2 aromatic rings. The lowest BCUT2D eigenvalue weighted by Crippen LogP contribution is -2.31. The summed E-state index contributed by atoms with van der Waals surface area (Å²) in [6.45, 7) is 2.67. The summed E-state index contributed by atoms with van der Waals surface area (Å²) in [4.78, 5) is 26.2. The van der Waals surface area contributed by atoms with E-state index >= 15 is 0 Å². The Balaban J connectivity index is 1.30. The average Bonchev–Trinajstić information content (AvgIpc) is 3.35. The topological polar surface area (TPSA) is 109 Å². The number of nitrogens with one attached hydrogen (secondary N) is 2. The molecule has 1 saturated carbocycles. The zero-order valence-electron chi connectivity index (χ0n) is 16.8. The van der Waals surface area contributed by atoms with Crippen molar-refractivity contribution in [1.29, 1.82) is 0 Å². The molecule has 0 unspecified atom stereocenters. The van der Waals surface area contributed by atoms with Crippen LogP contribution in [-0.4, -0.2) is 33.3 Å². The Bertz CT molecular complexity index is 1070. The van der Waals surface area contributed by atoms with E-state index in [-0.39, 0.29) is 42.1 Å². The van der Waals surface area contributed by atoms with E-state index in [0.29, 0.717) is 18.7 Å². The molecule has 1 aliphatic carbocycles. The SMILES string of the molecule is Cc1ccc(CNC(=O)CCNS(=O)(=O)c2ccc3c(c2)CCN3C(=O)C2CC2)o1. The third-order valence-electron chi connectivity index (χ3n) is 5.35. The summed E-state index contributed by atoms with van der Waals surface area (Å²) in [6, 6.07) is 8.43. The minimum absolute atomic E-state index is 0.00523. The van der Waals surface area contributed by atoms with E-state index in [1.165, 1.54) is 6.07 Å². The number of carbonyl (C=O) groups excluding carboxylic acids is 2. The Kier molecular flexibility index (Phi) is 5.66. The summed E-state index contributed by atoms with van der Waals surface area (Å²) >= 11 is 0. The molecule has 30 heavy (non-hydrogen) atoms. The second kappa shape index (κ2) is 8.23. The zero-order valence-corrected chi connectivity index (χ0v) is 17.6. The van der Waals surface area contributed by atoms with Crippen LogP contribution in [0, 0.1) is 12.8 Å². The molecule has 4 rings (SSSR count). The van der Waals surface area contributed by atoms with Crippen LogP contribution in [0.4, 0.5) is 5.69 Å². The molecule has 8 nitrogen and oxygen atoms in total. The molecular formula is C21H25N3O5S. The monoisotopic (exact) mass is 431 g/mol. The second-order valence-electron chi connectivity index (χ2n) is 7.74. The fourth-order valence-corrected chi connectivity index (χ4v) is 4.64. The average molecular weight is 432 g/mol. The number of nitrogens with zero attached hydrogens (tertiary/aromatic N) is 1. The van der Waals surface area contributed by atoms with Crippen LogP contribution in [0.15, 0.2) is 39.6 Å². The highest BCUT2D eigenvalue weighted by atomic mass is 32.2. The number of furan rings is 1. The summed E-state index contributed by atoms with van der Waals surface area (Å²) in [5.74, 6) is 1.41. The summed E-state index contributed by atoms with van der Waals surface area (Å²) < 4.78 is 33.0. The maximum absolute atomic E-state index is 12.6. The van der Waals surface area contributed by atoms with Crippen molar-refractivity contribution in [3.8, 4) is 0 Å². The molecule has 0 spiro atoms. The van der Waals surface area contributed by atoms with Crippen molar-refractivity contribution in [3.05, 3.63) is 47.4 Å². The number of fused-ring (bicyclic) bond motifs is 1. The van der Waals surface area contributed by atoms with Crippen molar-refractivity contribution >= 4 is 27.5 Å². The van der Waals surface area contributed by atoms with E-state index in [2.05, 4.69) is 10.0 Å². The first kappa shape index (κ1) is 20.6. The van der Waals surface area contributed by atoms with Gasteiger partial charge < -0.3 is 14.6 Å². The van der Waals surface area contributed by atoms with Crippen LogP contribution in [0.1, 0.15) is 36.3 Å². The number of amides is 2. The smallest absolute Gasteiger partial charge is 0.240 e. The number of anilines is 1. The second-order valence-corrected chi connectivity index (χ2v) is 9.51. The fourth-order valence-electron chi connectivity index (χ4n) is 3.56. The lowest BCUT2D eigenvalue weighted by Gasteiger charge is -2.17. The van der Waals surface area contributed by atoms with Crippen molar-refractivity contribution in [2.45, 2.75) is 44.0 Å². The number of carbonyl (C=O) groups is 2. The summed E-state index contributed by atoms with van der Waals surface area (Å²) in [7, 11) is -3.73. The molecule has 2 heterocycles. The van der Waals surface area contributed by atoms with Crippen LogP contribution < -0.4 is 14.9 Å². The van der Waals surface area contributed by atoms with Crippen molar-refractivity contribution in [3.63, 3.8) is 0 Å². The standard InChI is InChI=1S/C21H25N3O5S/c1-14-2-5-17(29-14)13-22-20(25)8-10-23-30(27,28)18-6-7-19-16(12-18)9-11-24(19)21(26)15-3-4-15/h2,5-7,12,15,23H,3-4,8-11,13H2,1H3,(H,22,25). The van der Waals surface area contributed by atoms with Crippen LogP contribution in [0.25, 0.3) is 0 Å². The Labute approximate surface area is 175 Å². The zero-order chi connectivity index (χ0) is 21.3. The van der Waals surface area contributed by atoms with Gasteiger partial charge in [-0.1, -0.05) is 0 Å². The Morgan fingerprint density at radius 2 is 2.00 bits per heavy atom. The Morgan fingerprint density at radius 1 is 1.20 bits per heavy atom. The van der Waals surface area contributed by atoms with Gasteiger partial charge in [0.05, 0.1) is 11.4 Å². The molecule has 0 atom stereocenters. The van der Waals surface area contributed by atoms with Crippen molar-refractivity contribution in [2.24, 2.45) is 5.92 Å². The third kappa shape index (κ3) is 4.57. The number of sulfonamides is 1. The first-order valence-electron chi connectivity index (χ1n) is 10.1. The van der Waals surface area contributed by atoms with Crippen LogP contribution in [0.5, 0.6) is 0 Å². The van der Waals surface area contributed by atoms with Gasteiger partial charge in [0.1, 0.15) is 11.5 Å². The van der Waals surface area contributed by atoms with Gasteiger partial charge in [0.2, 0.25) is 21.8 Å². The highest BCUT2D eigenvalue weighted by Gasteiger charge is 2.36. The first-order chi connectivity index (χ1) is 14.3. The van der Waals surface area contributed by atoms with Crippen molar-refractivity contribution in [2.75, 3.05) is 18.0 Å². The van der Waals surface area contributed by atoms with E-state index in [1.807, 2.05) is 13.0 Å². The van der Waals surface area contributed by atoms with Gasteiger partial charge in [-0.3, -0.25) is 9.59 Å². The quantitative estimate of drug-likeness (QED) is 0.663. The van der Waals surface area contributed by atoms with E-state index in [0.717, 1.165) is 29.9 Å². The van der Waals surface area contributed by atoms with Crippen molar-refractivity contribution < 1.29 is 22.4 Å². The highest BCUT2D eigenvalue weighted by Crippen LogP contribution is 2.37. The van der Waals surface area contributed by atoms with Gasteiger partial charge in [-0.2, -0.15) is 0 Å². The van der Waals surface area contributed by atoms with Crippen LogP contribution in [0.3, 0.4) is 0 Å². The fraction of sp³-hybridized carbons (Fsp3) is 0.429. The minimum atomic E-state index is -3.73. The van der Waals surface area contributed by atoms with E-state index < -0.39 is 10.0 Å². The molecule has 2 N–H and O–H groups in total. The first-order valence-corrected chi connectivity index (χ1v) is 11.6. The van der Waals surface area contributed by atoms with E-state index in [1.54, 1.807) is 23.1 Å². The molecule has 0 radical (unpaired) electrons. The van der Waals surface area contributed by atoms with Gasteiger partial charge in [-0.05, 0) is 62.1 Å². The van der Waals surface area contributed by atoms with Crippen molar-refractivity contribution in [1.82, 2.24) is 10.0 Å². The molecule has 2 aliphatic rings. The molecule has 0 saturated heterocycles. The lowest BCUT2D eigenvalue weighted by molar-refractivity contribution is -0.121. The predicted octanol–water partition coefficient (Wildman–Crippen LogP) is 1.87. The molecule has 2 amide bonds. The van der Waals surface area contributed by atoms with Gasteiger partial charge in [0, 0.05) is 31.1 Å². The minimum Gasteiger partial charge on any atom is -0.465 e. The maximum Gasteiger partial charge on any atom is 0.240 e. The Morgan fingerprint density at radius 3 is 2.70 bits per heavy atom. The number of hydrogen-bond donors (Lipinski definition) is 2. The molecule has 0 bridgehead atoms. The summed E-state index contributed by atoms with van der Waals surface area (Å²) in [6.07, 6.45) is 2.55. The molecule has 160 valence electrons. The van der Waals surface area contributed by atoms with Crippen LogP contribution in [-0.2, 0) is 32.6 Å². The molecule has 1 fully saturated rings. The summed E-state index contributed by atoms with van der Waals surface area (Å²) in [5, 5.41) is 2.70. The van der Waals surface area contributed by atoms with Gasteiger partial charge >= 0.3 is 0 Å². The van der Waals surface area contributed by atoms with Crippen LogP contribution in [0.2, 0.25) is 0 Å². The normalized spacial score (nSPS) is 15.8. The van der Waals surface area contributed by atoms with Crippen LogP contribution >= 0.6 is 0 Å². The van der Waals surface area contributed by atoms with E-state index in [9.17, 15) is 18.0 Å². The molecule has 1 aromatic heterocycles. The highest BCUT2D eigenvalue weighted by molar-refractivity contribution is 7.89. The Hall–Kier alpha value is -2.65. The van der Waals surface area contributed by atoms with Gasteiger partial charge in [0.15, 0.2) is 0 Å². The van der Waals surface area contributed by atoms with Gasteiger partial charge in [0.25, 0.3) is 0 Å². The number of aryl methyl sites for hydroxylation is 1. The van der Waals surface area contributed by atoms with Gasteiger partial charge in [-0.15, -0.1) is 0 Å². The molecule has 1 aromatic carbocycles. The maximum atomic E-state index is 12.6. The number of rotatable bonds is 8. The number of hydrogen-bond acceptors (Lipinski definition) is 5. The molecule has 9 heteroatoms. The molecular weight excluding hydrogens is 406 g/mol. The van der Waals surface area contributed by atoms with E-state index in [4.69, 9.17) is 4.42 Å². The lowest BCUT2D eigenvalue weighted by atomic mass is 10.2. The van der Waals surface area contributed by atoms with Gasteiger partial charge in [-0.25, -0.2) is 13.1 Å². The number of benzene rings is 1.